The fourth-order valence-electron chi connectivity index (χ4n) is 3.86. The lowest BCUT2D eigenvalue weighted by molar-refractivity contribution is 0.134. The zero-order valence-corrected chi connectivity index (χ0v) is 22.6. The summed E-state index contributed by atoms with van der Waals surface area (Å²) < 4.78 is 60.2. The van der Waals surface area contributed by atoms with Crippen LogP contribution in [0.4, 0.5) is 10.2 Å². The minimum atomic E-state index is -4.00. The fourth-order valence-corrected chi connectivity index (χ4v) is 5.14. The summed E-state index contributed by atoms with van der Waals surface area (Å²) in [7, 11) is -4.00. The smallest absolute Gasteiger partial charge is 0.263 e. The van der Waals surface area contributed by atoms with Crippen LogP contribution in [0.15, 0.2) is 51.9 Å². The minimum Gasteiger partial charge on any atom is -0.471 e. The maximum Gasteiger partial charge on any atom is 0.263 e. The van der Waals surface area contributed by atoms with E-state index in [1.807, 2.05) is 13.0 Å². The number of halogens is 1. The second kappa shape index (κ2) is 11.3. The summed E-state index contributed by atoms with van der Waals surface area (Å²) >= 11 is 0. The third kappa shape index (κ3) is 5.84. The highest BCUT2D eigenvalue weighted by Gasteiger charge is 2.23. The first-order valence-corrected chi connectivity index (χ1v) is 13.5. The summed E-state index contributed by atoms with van der Waals surface area (Å²) in [6, 6.07) is 12.1. The summed E-state index contributed by atoms with van der Waals surface area (Å²) in [6.07, 6.45) is 0. The molecule has 0 amide bonds. The summed E-state index contributed by atoms with van der Waals surface area (Å²) in [4.78, 5) is 8.12. The molecule has 0 spiro atoms. The van der Waals surface area contributed by atoms with Crippen molar-refractivity contribution in [1.82, 2.24) is 15.1 Å². The normalized spacial score (nSPS) is 11.5. The first kappa shape index (κ1) is 27.2. The van der Waals surface area contributed by atoms with Gasteiger partial charge in [0.05, 0.1) is 17.2 Å². The van der Waals surface area contributed by atoms with Crippen LogP contribution in [-0.2, 0) is 28.0 Å². The largest absolute Gasteiger partial charge is 0.471 e. The number of aryl methyl sites for hydroxylation is 3. The van der Waals surface area contributed by atoms with E-state index < -0.39 is 15.8 Å². The Morgan fingerprint density at radius 1 is 1.00 bits per heavy atom. The van der Waals surface area contributed by atoms with Gasteiger partial charge in [-0.05, 0) is 63.4 Å². The van der Waals surface area contributed by atoms with E-state index in [1.54, 1.807) is 58.0 Å². The van der Waals surface area contributed by atoms with Gasteiger partial charge in [-0.15, -0.1) is 0 Å². The monoisotopic (exact) mass is 540 g/mol. The van der Waals surface area contributed by atoms with Crippen molar-refractivity contribution < 1.29 is 26.8 Å². The molecule has 4 rings (SSSR count). The first-order valence-electron chi connectivity index (χ1n) is 12.0. The SMILES string of the molecule is CCOCc1cc(COc2nc(C)nc(C)c2F)ccc1-c1ccccc1S(=O)(=O)Nc1noc(C)c1C. The standard InChI is InChI=1S/C27H29FN4O5S/c1-6-35-15-21-13-20(14-36-27-25(28)17(3)29-19(5)30-27)11-12-22(21)23-9-7-8-10-24(23)38(33,34)32-26-16(2)18(4)37-31-26/h7-13H,6,14-15H2,1-5H3,(H,31,32). The van der Waals surface area contributed by atoms with Crippen LogP contribution in [0.25, 0.3) is 11.1 Å². The number of hydrogen-bond acceptors (Lipinski definition) is 8. The van der Waals surface area contributed by atoms with Gasteiger partial charge in [-0.25, -0.2) is 13.4 Å². The molecule has 11 heteroatoms. The Morgan fingerprint density at radius 2 is 1.76 bits per heavy atom. The maximum absolute atomic E-state index is 14.4. The van der Waals surface area contributed by atoms with Gasteiger partial charge in [-0.2, -0.15) is 9.37 Å². The highest BCUT2D eigenvalue weighted by Crippen LogP contribution is 2.33. The van der Waals surface area contributed by atoms with E-state index in [0.29, 0.717) is 34.9 Å². The molecular formula is C27H29FN4O5S. The van der Waals surface area contributed by atoms with Gasteiger partial charge in [-0.3, -0.25) is 4.72 Å². The summed E-state index contributed by atoms with van der Waals surface area (Å²) in [5, 5.41) is 3.83. The second-order valence-corrected chi connectivity index (χ2v) is 10.4. The van der Waals surface area contributed by atoms with Crippen LogP contribution in [0.3, 0.4) is 0 Å². The Hall–Kier alpha value is -3.83. The highest BCUT2D eigenvalue weighted by atomic mass is 32.2. The predicted molar refractivity (Wildman–Crippen MR) is 140 cm³/mol. The van der Waals surface area contributed by atoms with Gasteiger partial charge in [0.25, 0.3) is 15.9 Å². The molecule has 0 atom stereocenters. The van der Waals surface area contributed by atoms with E-state index in [-0.39, 0.29) is 35.5 Å². The van der Waals surface area contributed by atoms with E-state index in [1.165, 1.54) is 6.07 Å². The summed E-state index contributed by atoms with van der Waals surface area (Å²) in [5.41, 5.74) is 3.48. The number of hydrogen-bond donors (Lipinski definition) is 1. The van der Waals surface area contributed by atoms with Crippen LogP contribution in [-0.4, -0.2) is 30.1 Å². The predicted octanol–water partition coefficient (Wildman–Crippen LogP) is 5.42. The van der Waals surface area contributed by atoms with E-state index in [4.69, 9.17) is 14.0 Å². The average molecular weight is 541 g/mol. The molecule has 200 valence electrons. The van der Waals surface area contributed by atoms with Crippen molar-refractivity contribution in [3.05, 3.63) is 82.3 Å². The molecule has 0 radical (unpaired) electrons. The lowest BCUT2D eigenvalue weighted by Crippen LogP contribution is -2.15. The van der Waals surface area contributed by atoms with Crippen LogP contribution >= 0.6 is 0 Å². The summed E-state index contributed by atoms with van der Waals surface area (Å²) in [6.45, 7) is 9.29. The van der Waals surface area contributed by atoms with E-state index in [2.05, 4.69) is 19.8 Å². The number of rotatable bonds is 10. The number of nitrogens with zero attached hydrogens (tertiary/aromatic N) is 3. The molecule has 0 bridgehead atoms. The molecule has 0 aliphatic carbocycles. The number of anilines is 1. The molecule has 4 aromatic rings. The summed E-state index contributed by atoms with van der Waals surface area (Å²) in [5.74, 6) is 0.354. The second-order valence-electron chi connectivity index (χ2n) is 8.71. The molecular weight excluding hydrogens is 511 g/mol. The van der Waals surface area contributed by atoms with Gasteiger partial charge in [-0.1, -0.05) is 35.5 Å². The third-order valence-electron chi connectivity index (χ3n) is 5.96. The fraction of sp³-hybridized carbons (Fsp3) is 0.296. The van der Waals surface area contributed by atoms with Gasteiger partial charge in [0, 0.05) is 17.7 Å². The Bertz CT molecular complexity index is 1570. The Balaban J connectivity index is 1.69. The molecule has 2 aromatic heterocycles. The molecule has 2 heterocycles. The number of ether oxygens (including phenoxy) is 2. The van der Waals surface area contributed by atoms with Gasteiger partial charge in [0.2, 0.25) is 5.82 Å². The molecule has 1 N–H and O–H groups in total. The van der Waals surface area contributed by atoms with Crippen molar-refractivity contribution in [3.63, 3.8) is 0 Å². The molecule has 0 aliphatic rings. The molecule has 0 unspecified atom stereocenters. The lowest BCUT2D eigenvalue weighted by atomic mass is 9.98. The van der Waals surface area contributed by atoms with Crippen molar-refractivity contribution >= 4 is 15.8 Å². The Kier molecular flexibility index (Phi) is 8.08. The molecule has 2 aromatic carbocycles. The van der Waals surface area contributed by atoms with Gasteiger partial charge in [0.1, 0.15) is 18.2 Å². The van der Waals surface area contributed by atoms with Crippen LogP contribution in [0.2, 0.25) is 0 Å². The van der Waals surface area contributed by atoms with Gasteiger partial charge in [0.15, 0.2) is 5.82 Å². The van der Waals surface area contributed by atoms with Crippen molar-refractivity contribution in [3.8, 4) is 17.0 Å². The minimum absolute atomic E-state index is 0.0541. The zero-order valence-electron chi connectivity index (χ0n) is 21.8. The number of aromatic nitrogens is 3. The van der Waals surface area contributed by atoms with E-state index in [0.717, 1.165) is 11.1 Å². The quantitative estimate of drug-likeness (QED) is 0.283. The number of benzene rings is 2. The van der Waals surface area contributed by atoms with Crippen LogP contribution in [0, 0.1) is 33.5 Å². The highest BCUT2D eigenvalue weighted by molar-refractivity contribution is 7.92. The molecule has 38 heavy (non-hydrogen) atoms. The number of sulfonamides is 1. The lowest BCUT2D eigenvalue weighted by Gasteiger charge is -2.16. The van der Waals surface area contributed by atoms with E-state index >= 15 is 0 Å². The number of nitrogens with one attached hydrogen (secondary N) is 1. The van der Waals surface area contributed by atoms with Crippen molar-refractivity contribution in [2.24, 2.45) is 0 Å². The van der Waals surface area contributed by atoms with Gasteiger partial charge < -0.3 is 14.0 Å². The Labute approximate surface area is 221 Å². The van der Waals surface area contributed by atoms with Crippen LogP contribution in [0.5, 0.6) is 5.88 Å². The average Bonchev–Trinajstić information content (AvgIpc) is 3.20. The molecule has 0 saturated carbocycles. The third-order valence-corrected chi connectivity index (χ3v) is 7.36. The van der Waals surface area contributed by atoms with Crippen LogP contribution < -0.4 is 9.46 Å². The topological polar surface area (TPSA) is 116 Å². The van der Waals surface area contributed by atoms with Crippen LogP contribution in [0.1, 0.15) is 40.9 Å². The van der Waals surface area contributed by atoms with Gasteiger partial charge >= 0.3 is 0 Å². The van der Waals surface area contributed by atoms with Crippen molar-refractivity contribution in [2.75, 3.05) is 11.3 Å². The first-order chi connectivity index (χ1) is 18.1. The molecule has 0 fully saturated rings. The van der Waals surface area contributed by atoms with Crippen molar-refractivity contribution in [1.29, 1.82) is 0 Å². The van der Waals surface area contributed by atoms with E-state index in [9.17, 15) is 12.8 Å². The molecule has 0 saturated heterocycles. The zero-order chi connectivity index (χ0) is 27.4. The molecule has 0 aliphatic heterocycles. The maximum atomic E-state index is 14.4. The Morgan fingerprint density at radius 3 is 2.47 bits per heavy atom. The van der Waals surface area contributed by atoms with Crippen molar-refractivity contribution in [2.45, 2.75) is 52.7 Å². The molecule has 9 nitrogen and oxygen atoms in total.